The van der Waals surface area contributed by atoms with Gasteiger partial charge in [-0.05, 0) is 13.8 Å². The minimum atomic E-state index is 0.323. The SMILES string of the molecule is Cc1nc(CCNc2nccnc2C#N)sc1C. The Hall–Kier alpha value is -2.00. The van der Waals surface area contributed by atoms with Gasteiger partial charge in [0.1, 0.15) is 6.07 Å². The number of nitriles is 1. The highest BCUT2D eigenvalue weighted by Gasteiger charge is 2.05. The van der Waals surface area contributed by atoms with Crippen molar-refractivity contribution in [3.8, 4) is 6.07 Å². The van der Waals surface area contributed by atoms with E-state index in [1.807, 2.05) is 13.0 Å². The molecule has 5 nitrogen and oxygen atoms in total. The highest BCUT2D eigenvalue weighted by atomic mass is 32.1. The molecular formula is C12H13N5S. The predicted octanol–water partition coefficient (Wildman–Crippen LogP) is 2.08. The second-order valence-electron chi connectivity index (χ2n) is 3.79. The molecule has 0 fully saturated rings. The van der Waals surface area contributed by atoms with Crippen LogP contribution in [0.25, 0.3) is 0 Å². The van der Waals surface area contributed by atoms with Crippen LogP contribution in [0.4, 0.5) is 5.82 Å². The summed E-state index contributed by atoms with van der Waals surface area (Å²) in [6, 6.07) is 2.01. The fourth-order valence-corrected chi connectivity index (χ4v) is 2.42. The van der Waals surface area contributed by atoms with E-state index in [1.54, 1.807) is 17.5 Å². The van der Waals surface area contributed by atoms with Gasteiger partial charge >= 0.3 is 0 Å². The summed E-state index contributed by atoms with van der Waals surface area (Å²) in [6.07, 6.45) is 3.90. The molecule has 2 aromatic heterocycles. The maximum atomic E-state index is 8.87. The van der Waals surface area contributed by atoms with E-state index >= 15 is 0 Å². The molecule has 0 spiro atoms. The summed E-state index contributed by atoms with van der Waals surface area (Å²) in [7, 11) is 0. The number of aromatic nitrogens is 3. The second-order valence-corrected chi connectivity index (χ2v) is 5.08. The minimum Gasteiger partial charge on any atom is -0.367 e. The molecule has 2 heterocycles. The van der Waals surface area contributed by atoms with Gasteiger partial charge in [0, 0.05) is 30.2 Å². The number of nitrogens with zero attached hydrogens (tertiary/aromatic N) is 4. The third-order valence-electron chi connectivity index (χ3n) is 2.51. The minimum absolute atomic E-state index is 0.323. The van der Waals surface area contributed by atoms with E-state index in [-0.39, 0.29) is 0 Å². The Labute approximate surface area is 110 Å². The van der Waals surface area contributed by atoms with Crippen LogP contribution in [0, 0.1) is 25.2 Å². The highest BCUT2D eigenvalue weighted by molar-refractivity contribution is 7.11. The molecule has 0 unspecified atom stereocenters. The summed E-state index contributed by atoms with van der Waals surface area (Å²) in [6.45, 7) is 4.78. The van der Waals surface area contributed by atoms with Crippen LogP contribution < -0.4 is 5.32 Å². The van der Waals surface area contributed by atoms with Gasteiger partial charge in [-0.25, -0.2) is 15.0 Å². The Bertz CT molecular complexity index is 565. The van der Waals surface area contributed by atoms with Crippen molar-refractivity contribution in [1.29, 1.82) is 5.26 Å². The molecule has 0 radical (unpaired) electrons. The molecule has 0 aliphatic rings. The lowest BCUT2D eigenvalue weighted by Crippen LogP contribution is -2.08. The van der Waals surface area contributed by atoms with Crippen molar-refractivity contribution in [3.05, 3.63) is 33.7 Å². The van der Waals surface area contributed by atoms with Gasteiger partial charge in [0.2, 0.25) is 0 Å². The van der Waals surface area contributed by atoms with Gasteiger partial charge in [0.25, 0.3) is 0 Å². The first-order valence-corrected chi connectivity index (χ1v) is 6.40. The standard InChI is InChI=1S/C12H13N5S/c1-8-9(2)18-11(17-8)3-4-15-12-10(7-13)14-5-6-16-12/h5-6H,3-4H2,1-2H3,(H,15,16). The maximum absolute atomic E-state index is 8.87. The molecule has 0 amide bonds. The summed E-state index contributed by atoms with van der Waals surface area (Å²) in [5.74, 6) is 0.532. The smallest absolute Gasteiger partial charge is 0.182 e. The average molecular weight is 259 g/mol. The van der Waals surface area contributed by atoms with E-state index in [0.29, 0.717) is 18.1 Å². The molecule has 0 saturated carbocycles. The zero-order valence-corrected chi connectivity index (χ0v) is 11.1. The zero-order chi connectivity index (χ0) is 13.0. The van der Waals surface area contributed by atoms with Crippen LogP contribution >= 0.6 is 11.3 Å². The van der Waals surface area contributed by atoms with Crippen molar-refractivity contribution in [3.63, 3.8) is 0 Å². The molecule has 0 aromatic carbocycles. The first-order valence-electron chi connectivity index (χ1n) is 5.58. The molecule has 92 valence electrons. The lowest BCUT2D eigenvalue weighted by Gasteiger charge is -2.04. The quantitative estimate of drug-likeness (QED) is 0.909. The van der Waals surface area contributed by atoms with Crippen LogP contribution in [0.2, 0.25) is 0 Å². The molecule has 0 saturated heterocycles. The highest BCUT2D eigenvalue weighted by Crippen LogP contribution is 2.17. The average Bonchev–Trinajstić information content (AvgIpc) is 2.69. The largest absolute Gasteiger partial charge is 0.367 e. The van der Waals surface area contributed by atoms with Crippen molar-refractivity contribution in [2.75, 3.05) is 11.9 Å². The topological polar surface area (TPSA) is 74.5 Å². The van der Waals surface area contributed by atoms with Gasteiger partial charge in [-0.1, -0.05) is 0 Å². The Morgan fingerprint density at radius 2 is 2.11 bits per heavy atom. The summed E-state index contributed by atoms with van der Waals surface area (Å²) in [5.41, 5.74) is 1.41. The van der Waals surface area contributed by atoms with Gasteiger partial charge in [-0.15, -0.1) is 11.3 Å². The second kappa shape index (κ2) is 5.56. The molecule has 2 rings (SSSR count). The number of anilines is 1. The molecule has 0 bridgehead atoms. The van der Waals surface area contributed by atoms with Crippen LogP contribution in [-0.4, -0.2) is 21.5 Å². The van der Waals surface area contributed by atoms with Crippen LogP contribution in [0.5, 0.6) is 0 Å². The summed E-state index contributed by atoms with van der Waals surface area (Å²) in [4.78, 5) is 13.7. The Balaban J connectivity index is 1.94. The third-order valence-corrected chi connectivity index (χ3v) is 3.64. The lowest BCUT2D eigenvalue weighted by molar-refractivity contribution is 0.969. The van der Waals surface area contributed by atoms with Crippen molar-refractivity contribution in [2.24, 2.45) is 0 Å². The molecule has 6 heteroatoms. The van der Waals surface area contributed by atoms with Crippen molar-refractivity contribution >= 4 is 17.2 Å². The van der Waals surface area contributed by atoms with Gasteiger partial charge in [-0.3, -0.25) is 0 Å². The monoisotopic (exact) mass is 259 g/mol. The van der Waals surface area contributed by atoms with Crippen LogP contribution in [-0.2, 0) is 6.42 Å². The molecule has 0 atom stereocenters. The molecule has 0 aliphatic heterocycles. The zero-order valence-electron chi connectivity index (χ0n) is 10.3. The van der Waals surface area contributed by atoms with Crippen molar-refractivity contribution in [2.45, 2.75) is 20.3 Å². The van der Waals surface area contributed by atoms with E-state index in [4.69, 9.17) is 5.26 Å². The van der Waals surface area contributed by atoms with E-state index in [2.05, 4.69) is 27.2 Å². The number of thiazole rings is 1. The van der Waals surface area contributed by atoms with Crippen LogP contribution in [0.1, 0.15) is 21.3 Å². The molecular weight excluding hydrogens is 246 g/mol. The number of hydrogen-bond acceptors (Lipinski definition) is 6. The van der Waals surface area contributed by atoms with E-state index < -0.39 is 0 Å². The van der Waals surface area contributed by atoms with Gasteiger partial charge < -0.3 is 5.32 Å². The first kappa shape index (κ1) is 12.5. The Morgan fingerprint density at radius 3 is 2.78 bits per heavy atom. The molecule has 1 N–H and O–H groups in total. The van der Waals surface area contributed by atoms with Gasteiger partial charge in [-0.2, -0.15) is 5.26 Å². The number of hydrogen-bond donors (Lipinski definition) is 1. The number of aryl methyl sites for hydroxylation is 2. The van der Waals surface area contributed by atoms with E-state index in [9.17, 15) is 0 Å². The van der Waals surface area contributed by atoms with Gasteiger partial charge in [0.05, 0.1) is 10.7 Å². The van der Waals surface area contributed by atoms with Gasteiger partial charge in [0.15, 0.2) is 11.5 Å². The maximum Gasteiger partial charge on any atom is 0.182 e. The van der Waals surface area contributed by atoms with Crippen molar-refractivity contribution in [1.82, 2.24) is 15.0 Å². The fourth-order valence-electron chi connectivity index (χ4n) is 1.48. The number of nitrogens with one attached hydrogen (secondary N) is 1. The predicted molar refractivity (Wildman–Crippen MR) is 70.5 cm³/mol. The van der Waals surface area contributed by atoms with E-state index in [1.165, 1.54) is 11.1 Å². The molecule has 2 aromatic rings. The Morgan fingerprint density at radius 1 is 1.33 bits per heavy atom. The third kappa shape index (κ3) is 2.81. The molecule has 18 heavy (non-hydrogen) atoms. The lowest BCUT2D eigenvalue weighted by atomic mass is 10.4. The summed E-state index contributed by atoms with van der Waals surface area (Å²) < 4.78 is 0. The molecule has 0 aliphatic carbocycles. The summed E-state index contributed by atoms with van der Waals surface area (Å²) in [5, 5.41) is 13.1. The van der Waals surface area contributed by atoms with Crippen LogP contribution in [0.15, 0.2) is 12.4 Å². The van der Waals surface area contributed by atoms with Crippen molar-refractivity contribution < 1.29 is 0 Å². The fraction of sp³-hybridized carbons (Fsp3) is 0.333. The Kier molecular flexibility index (Phi) is 3.85. The summed E-state index contributed by atoms with van der Waals surface area (Å²) >= 11 is 1.71. The normalized spacial score (nSPS) is 10.1. The van der Waals surface area contributed by atoms with E-state index in [0.717, 1.165) is 17.1 Å². The van der Waals surface area contributed by atoms with Crippen LogP contribution in [0.3, 0.4) is 0 Å². The number of rotatable bonds is 4. The first-order chi connectivity index (χ1) is 8.70.